The topological polar surface area (TPSA) is 185 Å². The van der Waals surface area contributed by atoms with Crippen LogP contribution in [0, 0.1) is 0 Å². The van der Waals surface area contributed by atoms with Crippen LogP contribution in [0.5, 0.6) is 0 Å². The zero-order valence-corrected chi connectivity index (χ0v) is 16.8. The molecule has 0 bridgehead atoms. The quantitative estimate of drug-likeness (QED) is 0.326. The first-order chi connectivity index (χ1) is 13.5. The van der Waals surface area contributed by atoms with Crippen molar-refractivity contribution in [3.05, 3.63) is 21.7 Å². The molecule has 0 saturated carbocycles. The molecular formula is C14H16N6O7S2. The molecule has 29 heavy (non-hydrogen) atoms. The van der Waals surface area contributed by atoms with Gasteiger partial charge in [0.1, 0.15) is 18.8 Å². The highest BCUT2D eigenvalue weighted by atomic mass is 32.2. The van der Waals surface area contributed by atoms with Crippen molar-refractivity contribution < 1.29 is 32.7 Å². The van der Waals surface area contributed by atoms with Crippen LogP contribution in [-0.2, 0) is 29.1 Å². The van der Waals surface area contributed by atoms with Gasteiger partial charge in [0, 0.05) is 18.2 Å². The van der Waals surface area contributed by atoms with Gasteiger partial charge in [0.15, 0.2) is 26.4 Å². The van der Waals surface area contributed by atoms with Crippen molar-refractivity contribution in [2.24, 2.45) is 5.16 Å². The van der Waals surface area contributed by atoms with Gasteiger partial charge in [-0.15, -0.1) is 11.3 Å². The van der Waals surface area contributed by atoms with Crippen LogP contribution in [0.3, 0.4) is 0 Å². The average molecular weight is 444 g/mol. The van der Waals surface area contributed by atoms with Crippen LogP contribution >= 0.6 is 11.3 Å². The van der Waals surface area contributed by atoms with Crippen LogP contribution in [-0.4, -0.2) is 84.5 Å². The van der Waals surface area contributed by atoms with Gasteiger partial charge < -0.3 is 21.0 Å². The number of hydrazine groups is 1. The fourth-order valence-corrected chi connectivity index (χ4v) is 4.39. The molecule has 2 amide bonds. The second kappa shape index (κ2) is 7.41. The minimum Gasteiger partial charge on any atom is -0.476 e. The van der Waals surface area contributed by atoms with Gasteiger partial charge >= 0.3 is 5.97 Å². The summed E-state index contributed by atoms with van der Waals surface area (Å²) >= 11 is 1.08. The molecular weight excluding hydrogens is 428 g/mol. The Hall–Kier alpha value is -3.04. The minimum atomic E-state index is -3.84. The Kier molecular flexibility index (Phi) is 5.29. The number of sulfone groups is 1. The van der Waals surface area contributed by atoms with E-state index >= 15 is 0 Å². The molecule has 13 nitrogen and oxygen atoms in total. The molecule has 1 aromatic rings. The van der Waals surface area contributed by atoms with Gasteiger partial charge in [0.2, 0.25) is 0 Å². The fraction of sp³-hybridized carbons (Fsp3) is 0.357. The molecule has 0 aromatic carbocycles. The van der Waals surface area contributed by atoms with Crippen LogP contribution in [0.25, 0.3) is 0 Å². The van der Waals surface area contributed by atoms with E-state index in [2.05, 4.69) is 20.3 Å². The van der Waals surface area contributed by atoms with Gasteiger partial charge in [-0.05, 0) is 0 Å². The Bertz CT molecular complexity index is 1060. The second-order valence-corrected chi connectivity index (χ2v) is 8.99. The van der Waals surface area contributed by atoms with E-state index < -0.39 is 39.4 Å². The molecule has 1 atom stereocenters. The molecule has 3 heterocycles. The smallest absolute Gasteiger partial charge is 0.355 e. The van der Waals surface area contributed by atoms with Crippen molar-refractivity contribution >= 4 is 49.8 Å². The Labute approximate surface area is 168 Å². The number of fused-ring (bicyclic) bond motifs is 1. The molecule has 0 aliphatic carbocycles. The number of nitrogens with two attached hydrogens (primary N) is 1. The van der Waals surface area contributed by atoms with Crippen molar-refractivity contribution in [2.75, 3.05) is 32.2 Å². The summed E-state index contributed by atoms with van der Waals surface area (Å²) in [5.74, 6) is -3.14. The summed E-state index contributed by atoms with van der Waals surface area (Å²) < 4.78 is 23.7. The lowest BCUT2D eigenvalue weighted by Gasteiger charge is -2.18. The number of hydrogen-bond acceptors (Lipinski definition) is 11. The SMILES string of the molecule is CO/N=C(/C(=O)NC1CN2CC(S(C)(=O)=O)=C(C(=O)O)N2C1=O)c1csc(N)n1. The average Bonchev–Trinajstić information content (AvgIpc) is 3.28. The normalized spacial score (nSPS) is 20.2. The molecule has 1 unspecified atom stereocenters. The predicted molar refractivity (Wildman–Crippen MR) is 99.9 cm³/mol. The van der Waals surface area contributed by atoms with Crippen molar-refractivity contribution in [1.82, 2.24) is 20.3 Å². The highest BCUT2D eigenvalue weighted by molar-refractivity contribution is 7.94. The van der Waals surface area contributed by atoms with Gasteiger partial charge in [-0.2, -0.15) is 0 Å². The van der Waals surface area contributed by atoms with Gasteiger partial charge in [0.25, 0.3) is 11.8 Å². The predicted octanol–water partition coefficient (Wildman–Crippen LogP) is -2.03. The molecule has 1 aromatic heterocycles. The van der Waals surface area contributed by atoms with E-state index in [1.54, 1.807) is 0 Å². The molecule has 3 rings (SSSR count). The van der Waals surface area contributed by atoms with Crippen molar-refractivity contribution in [3.8, 4) is 0 Å². The lowest BCUT2D eigenvalue weighted by molar-refractivity contribution is -0.143. The summed E-state index contributed by atoms with van der Waals surface area (Å²) in [5.41, 5.74) is 4.83. The Morgan fingerprint density at radius 1 is 1.48 bits per heavy atom. The first-order valence-electron chi connectivity index (χ1n) is 7.93. The monoisotopic (exact) mass is 444 g/mol. The standard InChI is InChI=1S/C14H16N6O7S2/c1-27-18-9(7-5-28-14(15)17-7)11(21)16-6-3-19-4-8(29(2,25)26)10(13(23)24)20(19)12(6)22/h5-6H,3-4H2,1-2H3,(H2,15,17)(H,16,21)(H,23,24)/b18-9+. The number of thiazole rings is 1. The first-order valence-corrected chi connectivity index (χ1v) is 10.7. The van der Waals surface area contributed by atoms with E-state index in [9.17, 15) is 27.9 Å². The summed E-state index contributed by atoms with van der Waals surface area (Å²) in [5, 5.41) is 19.1. The zero-order chi connectivity index (χ0) is 21.5. The maximum atomic E-state index is 12.7. The van der Waals surface area contributed by atoms with E-state index in [1.165, 1.54) is 17.5 Å². The third kappa shape index (κ3) is 3.79. The summed E-state index contributed by atoms with van der Waals surface area (Å²) in [4.78, 5) is 45.1. The summed E-state index contributed by atoms with van der Waals surface area (Å²) in [6.45, 7) is -0.417. The number of amides is 2. The summed E-state index contributed by atoms with van der Waals surface area (Å²) in [6.07, 6.45) is 0.866. The lowest BCUT2D eigenvalue weighted by atomic mass is 10.2. The summed E-state index contributed by atoms with van der Waals surface area (Å²) in [7, 11) is -2.61. The van der Waals surface area contributed by atoms with Crippen LogP contribution in [0.15, 0.2) is 21.1 Å². The van der Waals surface area contributed by atoms with E-state index in [-0.39, 0.29) is 34.5 Å². The van der Waals surface area contributed by atoms with Crippen molar-refractivity contribution in [3.63, 3.8) is 0 Å². The molecule has 1 fully saturated rings. The second-order valence-electron chi connectivity index (χ2n) is 6.07. The fourth-order valence-electron chi connectivity index (χ4n) is 2.93. The third-order valence-corrected chi connectivity index (χ3v) is 5.99. The van der Waals surface area contributed by atoms with Crippen LogP contribution in [0.4, 0.5) is 5.13 Å². The van der Waals surface area contributed by atoms with E-state index in [0.29, 0.717) is 0 Å². The molecule has 2 aliphatic heterocycles. The highest BCUT2D eigenvalue weighted by Gasteiger charge is 2.50. The number of oxime groups is 1. The highest BCUT2D eigenvalue weighted by Crippen LogP contribution is 2.31. The molecule has 1 saturated heterocycles. The number of hydrogen-bond donors (Lipinski definition) is 3. The van der Waals surface area contributed by atoms with E-state index in [1.807, 2.05) is 0 Å². The number of carboxylic acids is 1. The lowest BCUT2D eigenvalue weighted by Crippen LogP contribution is -2.46. The molecule has 15 heteroatoms. The maximum Gasteiger partial charge on any atom is 0.355 e. The number of carbonyl (C=O) groups is 3. The number of nitrogens with zero attached hydrogens (tertiary/aromatic N) is 4. The number of nitrogen functional groups attached to an aromatic ring is 1. The van der Waals surface area contributed by atoms with Crippen LogP contribution in [0.2, 0.25) is 0 Å². The number of aliphatic carboxylic acids is 1. The van der Waals surface area contributed by atoms with Crippen LogP contribution in [0.1, 0.15) is 5.69 Å². The molecule has 2 aliphatic rings. The number of aromatic nitrogens is 1. The Morgan fingerprint density at radius 2 is 2.17 bits per heavy atom. The Balaban J connectivity index is 1.84. The number of nitrogens with one attached hydrogen (secondary N) is 1. The van der Waals surface area contributed by atoms with Gasteiger partial charge in [-0.3, -0.25) is 9.59 Å². The zero-order valence-electron chi connectivity index (χ0n) is 15.1. The van der Waals surface area contributed by atoms with Gasteiger partial charge in [-0.1, -0.05) is 5.16 Å². The number of carbonyl (C=O) groups excluding carboxylic acids is 2. The summed E-state index contributed by atoms with van der Waals surface area (Å²) in [6, 6.07) is -1.13. The molecule has 4 N–H and O–H groups in total. The number of anilines is 1. The number of carboxylic acid groups (broad SMARTS) is 1. The molecule has 156 valence electrons. The molecule has 0 spiro atoms. The van der Waals surface area contributed by atoms with Gasteiger partial charge in [-0.25, -0.2) is 28.2 Å². The third-order valence-electron chi connectivity index (χ3n) is 4.10. The van der Waals surface area contributed by atoms with Gasteiger partial charge in [0.05, 0.1) is 11.4 Å². The van der Waals surface area contributed by atoms with Crippen molar-refractivity contribution in [1.29, 1.82) is 0 Å². The first kappa shape index (κ1) is 20.7. The van der Waals surface area contributed by atoms with E-state index in [0.717, 1.165) is 22.6 Å². The minimum absolute atomic E-state index is 0.125. The largest absolute Gasteiger partial charge is 0.476 e. The Morgan fingerprint density at radius 3 is 2.69 bits per heavy atom. The number of rotatable bonds is 6. The maximum absolute atomic E-state index is 12.7. The molecule has 0 radical (unpaired) electrons. The van der Waals surface area contributed by atoms with Crippen LogP contribution < -0.4 is 11.1 Å². The van der Waals surface area contributed by atoms with E-state index in [4.69, 9.17) is 5.73 Å². The van der Waals surface area contributed by atoms with Crippen molar-refractivity contribution in [2.45, 2.75) is 6.04 Å².